The molecule has 1 fully saturated rings. The molecule has 2 rings (SSSR count). The van der Waals surface area contributed by atoms with Gasteiger partial charge in [-0.3, -0.25) is 4.79 Å². The smallest absolute Gasteiger partial charge is 0.143 e. The lowest BCUT2D eigenvalue weighted by Crippen LogP contribution is -2.12. The Balaban J connectivity index is 1.91. The van der Waals surface area contributed by atoms with E-state index in [4.69, 9.17) is 4.42 Å². The molecule has 1 aliphatic rings. The van der Waals surface area contributed by atoms with Crippen molar-refractivity contribution in [1.29, 1.82) is 0 Å². The van der Waals surface area contributed by atoms with Gasteiger partial charge in [-0.05, 0) is 25.0 Å². The van der Waals surface area contributed by atoms with Crippen LogP contribution in [-0.2, 0) is 11.2 Å². The van der Waals surface area contributed by atoms with Crippen molar-refractivity contribution in [2.75, 3.05) is 0 Å². The minimum Gasteiger partial charge on any atom is -0.469 e. The summed E-state index contributed by atoms with van der Waals surface area (Å²) < 4.78 is 5.14. The lowest BCUT2D eigenvalue weighted by molar-refractivity contribution is -0.122. The number of hydrogen-bond acceptors (Lipinski definition) is 2. The highest BCUT2D eigenvalue weighted by atomic mass is 16.3. The van der Waals surface area contributed by atoms with E-state index in [-0.39, 0.29) is 0 Å². The molecule has 0 aromatic carbocycles. The Morgan fingerprint density at radius 2 is 2.23 bits per heavy atom. The molecule has 0 unspecified atom stereocenters. The van der Waals surface area contributed by atoms with Crippen LogP contribution in [0.5, 0.6) is 0 Å². The first-order valence-electron chi connectivity index (χ1n) is 4.91. The van der Waals surface area contributed by atoms with Crippen molar-refractivity contribution in [3.8, 4) is 0 Å². The van der Waals surface area contributed by atoms with E-state index in [1.807, 2.05) is 12.1 Å². The molecule has 0 radical (unpaired) electrons. The van der Waals surface area contributed by atoms with Crippen molar-refractivity contribution < 1.29 is 9.21 Å². The van der Waals surface area contributed by atoms with Crippen molar-refractivity contribution in [2.45, 2.75) is 32.1 Å². The Labute approximate surface area is 77.9 Å². The van der Waals surface area contributed by atoms with Gasteiger partial charge in [0.1, 0.15) is 11.5 Å². The Morgan fingerprint density at radius 1 is 1.46 bits per heavy atom. The number of ketones is 1. The van der Waals surface area contributed by atoms with Crippen LogP contribution in [0.15, 0.2) is 22.8 Å². The summed E-state index contributed by atoms with van der Waals surface area (Å²) in [6.45, 7) is 0. The van der Waals surface area contributed by atoms with Crippen molar-refractivity contribution in [1.82, 2.24) is 0 Å². The largest absolute Gasteiger partial charge is 0.469 e. The third-order valence-electron chi connectivity index (χ3n) is 2.74. The molecule has 0 amide bonds. The summed E-state index contributed by atoms with van der Waals surface area (Å²) in [4.78, 5) is 11.7. The lowest BCUT2D eigenvalue weighted by atomic mass is 9.99. The molecule has 1 heterocycles. The van der Waals surface area contributed by atoms with Crippen molar-refractivity contribution in [3.05, 3.63) is 24.2 Å². The number of Topliss-reactive ketones (excluding diaryl/α,β-unsaturated/α-hetero) is 1. The molecular weight excluding hydrogens is 164 g/mol. The first-order chi connectivity index (χ1) is 6.36. The highest BCUT2D eigenvalue weighted by molar-refractivity contribution is 5.82. The average molecular weight is 178 g/mol. The van der Waals surface area contributed by atoms with Gasteiger partial charge in [0, 0.05) is 5.92 Å². The Hall–Kier alpha value is -1.05. The molecule has 0 spiro atoms. The van der Waals surface area contributed by atoms with Gasteiger partial charge in [-0.15, -0.1) is 0 Å². The van der Waals surface area contributed by atoms with Gasteiger partial charge in [0.15, 0.2) is 0 Å². The summed E-state index contributed by atoms with van der Waals surface area (Å²) >= 11 is 0. The fourth-order valence-corrected chi connectivity index (χ4v) is 1.98. The van der Waals surface area contributed by atoms with E-state index >= 15 is 0 Å². The molecule has 1 aliphatic carbocycles. The van der Waals surface area contributed by atoms with Crippen LogP contribution < -0.4 is 0 Å². The second-order valence-electron chi connectivity index (χ2n) is 3.70. The van der Waals surface area contributed by atoms with Gasteiger partial charge >= 0.3 is 0 Å². The van der Waals surface area contributed by atoms with Gasteiger partial charge < -0.3 is 4.42 Å². The zero-order valence-corrected chi connectivity index (χ0v) is 7.66. The zero-order chi connectivity index (χ0) is 9.10. The van der Waals surface area contributed by atoms with Crippen LogP contribution in [0.25, 0.3) is 0 Å². The van der Waals surface area contributed by atoms with Gasteiger partial charge in [0.05, 0.1) is 12.7 Å². The maximum atomic E-state index is 11.7. The van der Waals surface area contributed by atoms with Crippen LogP contribution in [0.4, 0.5) is 0 Å². The summed E-state index contributed by atoms with van der Waals surface area (Å²) in [5.74, 6) is 1.47. The van der Waals surface area contributed by atoms with Gasteiger partial charge in [-0.25, -0.2) is 0 Å². The summed E-state index contributed by atoms with van der Waals surface area (Å²) in [6, 6.07) is 3.70. The molecule has 1 aromatic heterocycles. The topological polar surface area (TPSA) is 30.2 Å². The third kappa shape index (κ3) is 2.00. The van der Waals surface area contributed by atoms with E-state index < -0.39 is 0 Å². The van der Waals surface area contributed by atoms with Crippen molar-refractivity contribution >= 4 is 5.78 Å². The zero-order valence-electron chi connectivity index (χ0n) is 7.66. The summed E-state index contributed by atoms with van der Waals surface area (Å²) in [6.07, 6.45) is 6.71. The van der Waals surface area contributed by atoms with Crippen LogP contribution in [0.2, 0.25) is 0 Å². The Kier molecular flexibility index (Phi) is 2.48. The number of furan rings is 1. The van der Waals surface area contributed by atoms with Crippen LogP contribution in [0, 0.1) is 5.92 Å². The summed E-state index contributed by atoms with van der Waals surface area (Å²) in [5, 5.41) is 0. The van der Waals surface area contributed by atoms with Gasteiger partial charge in [-0.1, -0.05) is 12.8 Å². The van der Waals surface area contributed by atoms with Crippen LogP contribution in [0.3, 0.4) is 0 Å². The predicted molar refractivity (Wildman–Crippen MR) is 49.4 cm³/mol. The fraction of sp³-hybridized carbons (Fsp3) is 0.545. The Morgan fingerprint density at radius 3 is 2.85 bits per heavy atom. The normalized spacial score (nSPS) is 17.8. The van der Waals surface area contributed by atoms with Crippen LogP contribution in [-0.4, -0.2) is 5.78 Å². The fourth-order valence-electron chi connectivity index (χ4n) is 1.98. The van der Waals surface area contributed by atoms with Crippen LogP contribution >= 0.6 is 0 Å². The molecule has 70 valence electrons. The molecule has 0 N–H and O–H groups in total. The highest BCUT2D eigenvalue weighted by Gasteiger charge is 2.22. The molecule has 2 heteroatoms. The molecule has 0 saturated heterocycles. The maximum absolute atomic E-state index is 11.7. The summed E-state index contributed by atoms with van der Waals surface area (Å²) in [7, 11) is 0. The van der Waals surface area contributed by atoms with E-state index in [1.165, 1.54) is 12.8 Å². The molecule has 0 bridgehead atoms. The Bertz CT molecular complexity index is 268. The van der Waals surface area contributed by atoms with Crippen molar-refractivity contribution in [2.24, 2.45) is 5.92 Å². The van der Waals surface area contributed by atoms with Gasteiger partial charge in [0.25, 0.3) is 0 Å². The maximum Gasteiger partial charge on any atom is 0.143 e. The first kappa shape index (κ1) is 8.54. The van der Waals surface area contributed by atoms with Gasteiger partial charge in [0.2, 0.25) is 0 Å². The second-order valence-corrected chi connectivity index (χ2v) is 3.70. The standard InChI is InChI=1S/C11H14O2/c12-11(9-4-1-2-5-9)8-10-6-3-7-13-10/h3,6-7,9H,1-2,4-5,8H2. The average Bonchev–Trinajstić information content (AvgIpc) is 2.74. The second kappa shape index (κ2) is 3.77. The molecule has 0 aliphatic heterocycles. The quantitative estimate of drug-likeness (QED) is 0.712. The molecule has 1 saturated carbocycles. The minimum atomic E-state index is 0.310. The van der Waals surface area contributed by atoms with Gasteiger partial charge in [-0.2, -0.15) is 0 Å². The number of carbonyl (C=O) groups excluding carboxylic acids is 1. The van der Waals surface area contributed by atoms with E-state index in [0.717, 1.165) is 18.6 Å². The van der Waals surface area contributed by atoms with E-state index in [9.17, 15) is 4.79 Å². The SMILES string of the molecule is O=C(Cc1ccco1)C1CCCC1. The van der Waals surface area contributed by atoms with E-state index in [2.05, 4.69) is 0 Å². The summed E-state index contributed by atoms with van der Waals surface area (Å²) in [5.41, 5.74) is 0. The highest BCUT2D eigenvalue weighted by Crippen LogP contribution is 2.26. The predicted octanol–water partition coefficient (Wildman–Crippen LogP) is 2.58. The molecule has 13 heavy (non-hydrogen) atoms. The molecular formula is C11H14O2. The van der Waals surface area contributed by atoms with Crippen molar-refractivity contribution in [3.63, 3.8) is 0 Å². The minimum absolute atomic E-state index is 0.310. The lowest BCUT2D eigenvalue weighted by Gasteiger charge is -2.05. The van der Waals surface area contributed by atoms with Crippen LogP contribution in [0.1, 0.15) is 31.4 Å². The van der Waals surface area contributed by atoms with E-state index in [0.29, 0.717) is 18.1 Å². The third-order valence-corrected chi connectivity index (χ3v) is 2.74. The number of rotatable bonds is 3. The molecule has 0 atom stereocenters. The monoisotopic (exact) mass is 178 g/mol. The molecule has 2 nitrogen and oxygen atoms in total. The number of hydrogen-bond donors (Lipinski definition) is 0. The van der Waals surface area contributed by atoms with E-state index in [1.54, 1.807) is 6.26 Å². The number of carbonyl (C=O) groups is 1. The molecule has 1 aromatic rings. The first-order valence-corrected chi connectivity index (χ1v) is 4.91.